The maximum absolute atomic E-state index is 12.9. The van der Waals surface area contributed by atoms with Crippen LogP contribution in [0.5, 0.6) is 0 Å². The average Bonchev–Trinajstić information content (AvgIpc) is 2.89. The summed E-state index contributed by atoms with van der Waals surface area (Å²) < 4.78 is 38.7. The number of fused-ring (bicyclic) bond motifs is 1. The Balaban J connectivity index is 2.12. The van der Waals surface area contributed by atoms with E-state index in [-0.39, 0.29) is 17.1 Å². The van der Waals surface area contributed by atoms with E-state index in [9.17, 15) is 23.3 Å². The SMILES string of the molecule is O=[N+]([O-])c1ccc2nc(-c3ccc(Cl)c(C(F)(F)F)c3)[nH]c2c1. The number of rotatable bonds is 2. The van der Waals surface area contributed by atoms with Crippen LogP contribution in [0.25, 0.3) is 22.4 Å². The number of nitro benzene ring substituents is 1. The van der Waals surface area contributed by atoms with Crippen molar-refractivity contribution >= 4 is 28.3 Å². The van der Waals surface area contributed by atoms with Gasteiger partial charge < -0.3 is 4.98 Å². The lowest BCUT2D eigenvalue weighted by atomic mass is 10.1. The number of alkyl halides is 3. The molecule has 0 amide bonds. The van der Waals surface area contributed by atoms with Crippen LogP contribution in [0.4, 0.5) is 18.9 Å². The number of aromatic amines is 1. The molecule has 3 rings (SSSR count). The number of nitrogens with zero attached hydrogens (tertiary/aromatic N) is 2. The minimum absolute atomic E-state index is 0.139. The molecule has 0 aliphatic rings. The molecule has 23 heavy (non-hydrogen) atoms. The van der Waals surface area contributed by atoms with Crippen LogP contribution in [0.2, 0.25) is 5.02 Å². The minimum Gasteiger partial charge on any atom is -0.338 e. The van der Waals surface area contributed by atoms with Crippen LogP contribution in [-0.2, 0) is 6.18 Å². The van der Waals surface area contributed by atoms with Crippen molar-refractivity contribution in [3.63, 3.8) is 0 Å². The number of H-pyrrole nitrogens is 1. The van der Waals surface area contributed by atoms with E-state index in [1.807, 2.05) is 0 Å². The summed E-state index contributed by atoms with van der Waals surface area (Å²) in [5.41, 5.74) is -0.157. The summed E-state index contributed by atoms with van der Waals surface area (Å²) >= 11 is 5.58. The van der Waals surface area contributed by atoms with Gasteiger partial charge in [0, 0.05) is 17.7 Å². The molecule has 3 aromatic rings. The van der Waals surface area contributed by atoms with Crippen molar-refractivity contribution in [3.8, 4) is 11.4 Å². The molecule has 5 nitrogen and oxygen atoms in total. The lowest BCUT2D eigenvalue weighted by Crippen LogP contribution is -2.06. The van der Waals surface area contributed by atoms with E-state index in [1.165, 1.54) is 24.3 Å². The molecule has 0 aliphatic heterocycles. The Bertz CT molecular complexity index is 921. The molecule has 0 fully saturated rings. The van der Waals surface area contributed by atoms with Crippen molar-refractivity contribution < 1.29 is 18.1 Å². The molecular formula is C14H7ClF3N3O2. The van der Waals surface area contributed by atoms with E-state index in [2.05, 4.69) is 9.97 Å². The molecule has 118 valence electrons. The van der Waals surface area contributed by atoms with E-state index in [4.69, 9.17) is 11.6 Å². The molecule has 1 heterocycles. The summed E-state index contributed by atoms with van der Waals surface area (Å²) in [6.07, 6.45) is -4.59. The highest BCUT2D eigenvalue weighted by Crippen LogP contribution is 2.37. The molecule has 1 N–H and O–H groups in total. The first-order chi connectivity index (χ1) is 10.8. The second-order valence-corrected chi connectivity index (χ2v) is 5.14. The molecule has 1 aromatic heterocycles. The van der Waals surface area contributed by atoms with Crippen LogP contribution in [0.1, 0.15) is 5.56 Å². The first-order valence-corrected chi connectivity index (χ1v) is 6.65. The Kier molecular flexibility index (Phi) is 3.48. The number of nitro groups is 1. The van der Waals surface area contributed by atoms with Crippen LogP contribution in [-0.4, -0.2) is 14.9 Å². The molecule has 0 spiro atoms. The van der Waals surface area contributed by atoms with Crippen molar-refractivity contribution in [3.05, 3.63) is 57.1 Å². The molecule has 0 saturated heterocycles. The molecule has 0 aliphatic carbocycles. The molecule has 0 saturated carbocycles. The zero-order valence-electron chi connectivity index (χ0n) is 11.2. The standard InChI is InChI=1S/C14H7ClF3N3O2/c15-10-3-1-7(5-9(10)14(16,17)18)13-19-11-4-2-8(21(22)23)6-12(11)20-13/h1-6H,(H,19,20). The van der Waals surface area contributed by atoms with Gasteiger partial charge in [-0.05, 0) is 24.3 Å². The van der Waals surface area contributed by atoms with Crippen LogP contribution in [0.15, 0.2) is 36.4 Å². The molecular weight excluding hydrogens is 335 g/mol. The van der Waals surface area contributed by atoms with Crippen LogP contribution in [0, 0.1) is 10.1 Å². The Morgan fingerprint density at radius 1 is 1.17 bits per heavy atom. The molecule has 0 atom stereocenters. The van der Waals surface area contributed by atoms with Gasteiger partial charge >= 0.3 is 6.18 Å². The number of aromatic nitrogens is 2. The molecule has 0 bridgehead atoms. The lowest BCUT2D eigenvalue weighted by Gasteiger charge is -2.09. The second kappa shape index (κ2) is 5.24. The molecule has 0 unspecified atom stereocenters. The van der Waals surface area contributed by atoms with Gasteiger partial charge in [0.15, 0.2) is 0 Å². The smallest absolute Gasteiger partial charge is 0.338 e. The van der Waals surface area contributed by atoms with Gasteiger partial charge in [0.2, 0.25) is 0 Å². The van der Waals surface area contributed by atoms with Gasteiger partial charge in [0.05, 0.1) is 26.5 Å². The highest BCUT2D eigenvalue weighted by molar-refractivity contribution is 6.31. The third-order valence-electron chi connectivity index (χ3n) is 3.22. The largest absolute Gasteiger partial charge is 0.417 e. The van der Waals surface area contributed by atoms with Gasteiger partial charge in [-0.2, -0.15) is 13.2 Å². The van der Waals surface area contributed by atoms with Crippen molar-refractivity contribution in [2.45, 2.75) is 6.18 Å². The topological polar surface area (TPSA) is 71.8 Å². The highest BCUT2D eigenvalue weighted by atomic mass is 35.5. The summed E-state index contributed by atoms with van der Waals surface area (Å²) in [4.78, 5) is 17.1. The lowest BCUT2D eigenvalue weighted by molar-refractivity contribution is -0.384. The molecule has 0 radical (unpaired) electrons. The maximum Gasteiger partial charge on any atom is 0.417 e. The van der Waals surface area contributed by atoms with Crippen LogP contribution >= 0.6 is 11.6 Å². The zero-order valence-corrected chi connectivity index (χ0v) is 11.9. The van der Waals surface area contributed by atoms with Crippen molar-refractivity contribution in [1.82, 2.24) is 9.97 Å². The van der Waals surface area contributed by atoms with E-state index >= 15 is 0 Å². The van der Waals surface area contributed by atoms with Gasteiger partial charge in [-0.25, -0.2) is 4.98 Å². The summed E-state index contributed by atoms with van der Waals surface area (Å²) in [6.45, 7) is 0. The Labute approximate surface area is 131 Å². The fourth-order valence-corrected chi connectivity index (χ4v) is 2.36. The number of hydrogen-bond donors (Lipinski definition) is 1. The predicted octanol–water partition coefficient (Wildman–Crippen LogP) is 4.81. The Morgan fingerprint density at radius 3 is 2.57 bits per heavy atom. The van der Waals surface area contributed by atoms with E-state index in [0.29, 0.717) is 11.0 Å². The van der Waals surface area contributed by atoms with Gasteiger partial charge in [-0.3, -0.25) is 10.1 Å². The van der Waals surface area contributed by atoms with Crippen LogP contribution in [0.3, 0.4) is 0 Å². The number of hydrogen-bond acceptors (Lipinski definition) is 3. The van der Waals surface area contributed by atoms with Crippen LogP contribution < -0.4 is 0 Å². The van der Waals surface area contributed by atoms with Gasteiger partial charge in [0.25, 0.3) is 5.69 Å². The van der Waals surface area contributed by atoms with Crippen molar-refractivity contribution in [1.29, 1.82) is 0 Å². The van der Waals surface area contributed by atoms with Crippen molar-refractivity contribution in [2.24, 2.45) is 0 Å². The number of nitrogens with one attached hydrogen (secondary N) is 1. The minimum atomic E-state index is -4.59. The zero-order chi connectivity index (χ0) is 16.8. The Hall–Kier alpha value is -2.61. The quantitative estimate of drug-likeness (QED) is 0.537. The second-order valence-electron chi connectivity index (χ2n) is 4.74. The number of benzene rings is 2. The highest BCUT2D eigenvalue weighted by Gasteiger charge is 2.33. The predicted molar refractivity (Wildman–Crippen MR) is 78.2 cm³/mol. The van der Waals surface area contributed by atoms with Crippen molar-refractivity contribution in [2.75, 3.05) is 0 Å². The maximum atomic E-state index is 12.9. The van der Waals surface area contributed by atoms with Gasteiger partial charge in [0.1, 0.15) is 5.82 Å². The monoisotopic (exact) mass is 341 g/mol. The van der Waals surface area contributed by atoms with Gasteiger partial charge in [-0.15, -0.1) is 0 Å². The average molecular weight is 342 g/mol. The first kappa shape index (κ1) is 15.3. The summed E-state index contributed by atoms with van der Waals surface area (Å²) in [6, 6.07) is 7.38. The molecule has 9 heteroatoms. The Morgan fingerprint density at radius 2 is 1.91 bits per heavy atom. The fraction of sp³-hybridized carbons (Fsp3) is 0.0714. The van der Waals surface area contributed by atoms with E-state index in [1.54, 1.807) is 0 Å². The number of imidazole rings is 1. The fourth-order valence-electron chi connectivity index (χ4n) is 2.14. The molecule has 2 aromatic carbocycles. The summed E-state index contributed by atoms with van der Waals surface area (Å²) in [5, 5.41) is 10.3. The van der Waals surface area contributed by atoms with E-state index in [0.717, 1.165) is 12.1 Å². The number of halogens is 4. The van der Waals surface area contributed by atoms with E-state index < -0.39 is 21.7 Å². The summed E-state index contributed by atoms with van der Waals surface area (Å²) in [5.74, 6) is 0.169. The third-order valence-corrected chi connectivity index (χ3v) is 3.55. The third kappa shape index (κ3) is 2.85. The summed E-state index contributed by atoms with van der Waals surface area (Å²) in [7, 11) is 0. The normalized spacial score (nSPS) is 11.8. The first-order valence-electron chi connectivity index (χ1n) is 6.27. The number of non-ortho nitro benzene ring substituents is 1. The van der Waals surface area contributed by atoms with Gasteiger partial charge in [-0.1, -0.05) is 11.6 Å².